The van der Waals surface area contributed by atoms with Crippen molar-refractivity contribution in [2.75, 3.05) is 17.7 Å². The molecule has 9 heteroatoms. The number of nitrogens with zero attached hydrogens (tertiary/aromatic N) is 4. The molecule has 3 heterocycles. The van der Waals surface area contributed by atoms with Crippen LogP contribution in [0.2, 0.25) is 5.04 Å². The number of halogens is 1. The Kier molecular flexibility index (Phi) is 8.02. The molecule has 0 amide bonds. The number of pyridine rings is 1. The first kappa shape index (κ1) is 29.0. The van der Waals surface area contributed by atoms with E-state index in [9.17, 15) is 4.39 Å². The minimum Gasteiger partial charge on any atom is -0.407 e. The number of hydrogen-bond acceptors (Lipinski definition) is 6. The maximum absolute atomic E-state index is 13.9. The number of rotatable bonds is 8. The van der Waals surface area contributed by atoms with Crippen LogP contribution in [-0.4, -0.2) is 40.3 Å². The summed E-state index contributed by atoms with van der Waals surface area (Å²) < 4.78 is 22.8. The van der Waals surface area contributed by atoms with Crippen LogP contribution in [0, 0.1) is 11.7 Å². The van der Waals surface area contributed by atoms with Gasteiger partial charge < -0.3 is 15.5 Å². The Morgan fingerprint density at radius 1 is 0.907 bits per heavy atom. The standard InChI is InChI=1S/C34H39FN6OSi/c1-34(2,3)43(27-10-6-4-7-11-27,28-12-8-5-9-13-28)42-23-24-14-17-26(18-15-24)39-32-29(36)20-38-33(40-32)30-21-37-31-19-16-25(35)22-41(30)31/h4-13,16,19-22,24,26H,14-15,17-18,23,36H2,1-3H3,(H,38,39,40)/t24-,26-. The van der Waals surface area contributed by atoms with E-state index in [1.165, 1.54) is 22.6 Å². The molecule has 3 aromatic heterocycles. The minimum atomic E-state index is -2.55. The molecule has 0 unspecified atom stereocenters. The van der Waals surface area contributed by atoms with Crippen molar-refractivity contribution in [3.8, 4) is 11.5 Å². The van der Waals surface area contributed by atoms with Crippen LogP contribution in [0.3, 0.4) is 0 Å². The molecule has 0 aliphatic heterocycles. The van der Waals surface area contributed by atoms with Crippen LogP contribution < -0.4 is 21.4 Å². The second-order valence-electron chi connectivity index (χ2n) is 12.6. The van der Waals surface area contributed by atoms with Crippen LogP contribution in [0.1, 0.15) is 46.5 Å². The van der Waals surface area contributed by atoms with Gasteiger partial charge in [-0.15, -0.1) is 0 Å². The second kappa shape index (κ2) is 11.9. The van der Waals surface area contributed by atoms with Gasteiger partial charge in [0, 0.05) is 18.8 Å². The van der Waals surface area contributed by atoms with Crippen molar-refractivity contribution < 1.29 is 8.82 Å². The Morgan fingerprint density at radius 3 is 2.19 bits per heavy atom. The third-order valence-electron chi connectivity index (χ3n) is 8.66. The monoisotopic (exact) mass is 594 g/mol. The van der Waals surface area contributed by atoms with Gasteiger partial charge in [0.15, 0.2) is 11.6 Å². The summed E-state index contributed by atoms with van der Waals surface area (Å²) in [6.45, 7) is 7.71. The largest absolute Gasteiger partial charge is 0.407 e. The third-order valence-corrected chi connectivity index (χ3v) is 13.7. The fourth-order valence-corrected chi connectivity index (χ4v) is 11.1. The van der Waals surface area contributed by atoms with Gasteiger partial charge in [0.25, 0.3) is 8.32 Å². The summed E-state index contributed by atoms with van der Waals surface area (Å²) in [5, 5.41) is 6.15. The summed E-state index contributed by atoms with van der Waals surface area (Å²) >= 11 is 0. The summed E-state index contributed by atoms with van der Waals surface area (Å²) in [7, 11) is -2.55. The van der Waals surface area contributed by atoms with Gasteiger partial charge in [0.05, 0.1) is 18.1 Å². The van der Waals surface area contributed by atoms with Gasteiger partial charge in [-0.1, -0.05) is 81.4 Å². The lowest BCUT2D eigenvalue weighted by atomic mass is 9.86. The predicted molar refractivity (Wildman–Crippen MR) is 174 cm³/mol. The van der Waals surface area contributed by atoms with Crippen LogP contribution in [-0.2, 0) is 4.43 Å². The smallest absolute Gasteiger partial charge is 0.261 e. The topological polar surface area (TPSA) is 90.4 Å². The SMILES string of the molecule is CC(C)(C)[Si](OC[C@H]1CC[C@H](Nc2nc(-c3cnc4ccc(F)cn34)ncc2N)CC1)(c1ccccc1)c1ccccc1. The number of hydrogen-bond donors (Lipinski definition) is 2. The van der Waals surface area contributed by atoms with Gasteiger partial charge in [0.1, 0.15) is 17.2 Å². The molecular formula is C34H39FN6OSi. The van der Waals surface area contributed by atoms with Gasteiger partial charge >= 0.3 is 0 Å². The fourth-order valence-electron chi connectivity index (χ4n) is 6.42. The van der Waals surface area contributed by atoms with Crippen molar-refractivity contribution in [2.45, 2.75) is 57.5 Å². The van der Waals surface area contributed by atoms with E-state index in [0.717, 1.165) is 32.3 Å². The number of nitrogens with two attached hydrogens (primary N) is 1. The zero-order valence-electron chi connectivity index (χ0n) is 25.0. The number of aromatic nitrogens is 4. The highest BCUT2D eigenvalue weighted by atomic mass is 28.4. The Hall–Kier alpha value is -4.08. The molecule has 1 fully saturated rings. The van der Waals surface area contributed by atoms with Crippen LogP contribution in [0.15, 0.2) is 91.4 Å². The van der Waals surface area contributed by atoms with E-state index in [1.807, 2.05) is 0 Å². The molecule has 0 radical (unpaired) electrons. The lowest BCUT2D eigenvalue weighted by Gasteiger charge is -2.44. The summed E-state index contributed by atoms with van der Waals surface area (Å²) in [4.78, 5) is 13.5. The average Bonchev–Trinajstić information content (AvgIpc) is 3.43. The van der Waals surface area contributed by atoms with Gasteiger partial charge in [-0.05, 0) is 59.1 Å². The van der Waals surface area contributed by atoms with Crippen molar-refractivity contribution in [2.24, 2.45) is 5.92 Å². The van der Waals surface area contributed by atoms with Gasteiger partial charge in [-0.2, -0.15) is 0 Å². The molecular weight excluding hydrogens is 555 g/mol. The third kappa shape index (κ3) is 5.79. The molecule has 1 aliphatic rings. The molecule has 0 atom stereocenters. The molecule has 3 N–H and O–H groups in total. The summed E-state index contributed by atoms with van der Waals surface area (Å²) in [5.41, 5.74) is 8.01. The Labute approximate surface area is 253 Å². The molecule has 0 spiro atoms. The number of nitrogens with one attached hydrogen (secondary N) is 1. The lowest BCUT2D eigenvalue weighted by molar-refractivity contribution is 0.194. The highest BCUT2D eigenvalue weighted by Gasteiger charge is 2.50. The lowest BCUT2D eigenvalue weighted by Crippen LogP contribution is -2.67. The molecule has 222 valence electrons. The van der Waals surface area contributed by atoms with Crippen LogP contribution >= 0.6 is 0 Å². The van der Waals surface area contributed by atoms with E-state index in [0.29, 0.717) is 34.6 Å². The highest BCUT2D eigenvalue weighted by molar-refractivity contribution is 6.99. The summed E-state index contributed by atoms with van der Waals surface area (Å²) in [6.07, 6.45) is 8.75. The van der Waals surface area contributed by atoms with Crippen LogP contribution in [0.25, 0.3) is 17.2 Å². The van der Waals surface area contributed by atoms with Crippen LogP contribution in [0.5, 0.6) is 0 Å². The summed E-state index contributed by atoms with van der Waals surface area (Å²) in [6, 6.07) is 24.9. The number of nitrogen functional groups attached to an aromatic ring is 1. The first-order chi connectivity index (χ1) is 20.7. The molecule has 1 saturated carbocycles. The normalized spacial score (nSPS) is 17.7. The maximum atomic E-state index is 13.9. The van der Waals surface area contributed by atoms with E-state index in [4.69, 9.17) is 15.1 Å². The molecule has 0 bridgehead atoms. The van der Waals surface area contributed by atoms with E-state index < -0.39 is 8.32 Å². The average molecular weight is 595 g/mol. The zero-order valence-corrected chi connectivity index (χ0v) is 26.0. The molecule has 5 aromatic rings. The van der Waals surface area contributed by atoms with Crippen molar-refractivity contribution in [3.63, 3.8) is 0 Å². The first-order valence-electron chi connectivity index (χ1n) is 15.0. The Morgan fingerprint density at radius 2 is 1.56 bits per heavy atom. The van der Waals surface area contributed by atoms with Gasteiger partial charge in [0.2, 0.25) is 0 Å². The number of anilines is 2. The van der Waals surface area contributed by atoms with E-state index in [-0.39, 0.29) is 16.9 Å². The summed E-state index contributed by atoms with van der Waals surface area (Å²) in [5.74, 6) is 1.17. The van der Waals surface area contributed by atoms with E-state index in [2.05, 4.69) is 96.7 Å². The van der Waals surface area contributed by atoms with Crippen molar-refractivity contribution in [1.82, 2.24) is 19.4 Å². The quantitative estimate of drug-likeness (QED) is 0.212. The predicted octanol–water partition coefficient (Wildman–Crippen LogP) is 6.06. The van der Waals surface area contributed by atoms with Crippen molar-refractivity contribution in [3.05, 3.63) is 97.2 Å². The van der Waals surface area contributed by atoms with Crippen molar-refractivity contribution >= 4 is 35.8 Å². The molecule has 7 nitrogen and oxygen atoms in total. The number of imidazole rings is 1. The Bertz CT molecular complexity index is 1640. The zero-order chi connectivity index (χ0) is 30.0. The number of fused-ring (bicyclic) bond motifs is 1. The van der Waals surface area contributed by atoms with Gasteiger partial charge in [-0.25, -0.2) is 19.3 Å². The highest BCUT2D eigenvalue weighted by Crippen LogP contribution is 2.38. The number of benzene rings is 2. The van der Waals surface area contributed by atoms with Crippen LogP contribution in [0.4, 0.5) is 15.9 Å². The van der Waals surface area contributed by atoms with E-state index >= 15 is 0 Å². The van der Waals surface area contributed by atoms with Crippen molar-refractivity contribution in [1.29, 1.82) is 0 Å². The molecule has 1 aliphatic carbocycles. The Balaban J connectivity index is 1.15. The molecule has 43 heavy (non-hydrogen) atoms. The second-order valence-corrected chi connectivity index (χ2v) is 16.9. The van der Waals surface area contributed by atoms with Gasteiger partial charge in [-0.3, -0.25) is 4.40 Å². The first-order valence-corrected chi connectivity index (χ1v) is 16.9. The molecule has 6 rings (SSSR count). The maximum Gasteiger partial charge on any atom is 0.261 e. The molecule has 0 saturated heterocycles. The molecule has 2 aromatic carbocycles. The fraction of sp³-hybridized carbons (Fsp3) is 0.324. The van der Waals surface area contributed by atoms with E-state index in [1.54, 1.807) is 22.9 Å². The minimum absolute atomic E-state index is 0.0384.